The van der Waals surface area contributed by atoms with Crippen LogP contribution in [0.3, 0.4) is 0 Å². The van der Waals surface area contributed by atoms with Crippen LogP contribution < -0.4 is 5.32 Å². The van der Waals surface area contributed by atoms with Gasteiger partial charge in [0.05, 0.1) is 6.20 Å². The molecular formula is C14H25N5O. The van der Waals surface area contributed by atoms with Gasteiger partial charge >= 0.3 is 6.03 Å². The molecule has 0 spiro atoms. The predicted octanol–water partition coefficient (Wildman–Crippen LogP) is 0.964. The number of aryl methyl sites for hydroxylation is 1. The van der Waals surface area contributed by atoms with E-state index in [4.69, 9.17) is 0 Å². The van der Waals surface area contributed by atoms with Gasteiger partial charge in [0, 0.05) is 58.1 Å². The van der Waals surface area contributed by atoms with E-state index in [0.717, 1.165) is 32.5 Å². The molecule has 112 valence electrons. The van der Waals surface area contributed by atoms with Gasteiger partial charge in [-0.05, 0) is 19.8 Å². The van der Waals surface area contributed by atoms with Crippen molar-refractivity contribution >= 4 is 6.03 Å². The fraction of sp³-hybridized carbons (Fsp3) is 0.714. The largest absolute Gasteiger partial charge is 0.331 e. The van der Waals surface area contributed by atoms with E-state index in [9.17, 15) is 4.79 Å². The first-order chi connectivity index (χ1) is 9.49. The number of aromatic nitrogens is 2. The zero-order chi connectivity index (χ0) is 14.7. The average Bonchev–Trinajstić information content (AvgIpc) is 2.76. The maximum atomic E-state index is 11.9. The Morgan fingerprint density at radius 1 is 1.45 bits per heavy atom. The van der Waals surface area contributed by atoms with Gasteiger partial charge in [0.2, 0.25) is 0 Å². The van der Waals surface area contributed by atoms with Crippen molar-refractivity contribution in [3.63, 3.8) is 0 Å². The zero-order valence-corrected chi connectivity index (χ0v) is 12.9. The van der Waals surface area contributed by atoms with E-state index in [1.807, 2.05) is 22.8 Å². The van der Waals surface area contributed by atoms with Crippen molar-refractivity contribution in [2.24, 2.45) is 7.05 Å². The highest BCUT2D eigenvalue weighted by atomic mass is 16.2. The summed E-state index contributed by atoms with van der Waals surface area (Å²) in [5.74, 6) is 0. The van der Waals surface area contributed by atoms with Gasteiger partial charge < -0.3 is 15.1 Å². The second-order valence-corrected chi connectivity index (χ2v) is 5.70. The molecule has 1 fully saturated rings. The van der Waals surface area contributed by atoms with Gasteiger partial charge in [-0.1, -0.05) is 0 Å². The first kappa shape index (κ1) is 14.8. The third-order valence-corrected chi connectivity index (χ3v) is 4.07. The van der Waals surface area contributed by atoms with Crippen molar-refractivity contribution in [2.45, 2.75) is 32.4 Å². The van der Waals surface area contributed by atoms with Crippen molar-refractivity contribution in [1.82, 2.24) is 24.9 Å². The summed E-state index contributed by atoms with van der Waals surface area (Å²) < 4.78 is 1.90. The van der Waals surface area contributed by atoms with E-state index in [1.165, 1.54) is 11.3 Å². The lowest BCUT2D eigenvalue weighted by Crippen LogP contribution is -2.47. The normalized spacial score (nSPS) is 16.5. The topological polar surface area (TPSA) is 53.4 Å². The molecule has 0 radical (unpaired) electrons. The van der Waals surface area contributed by atoms with Gasteiger partial charge in [0.15, 0.2) is 0 Å². The summed E-state index contributed by atoms with van der Waals surface area (Å²) in [6.45, 7) is 4.61. The SMILES string of the molecule is Cc1c(CNC2CCN(C(=O)N(C)C)CC2)cnn1C. The van der Waals surface area contributed by atoms with Gasteiger partial charge in [0.25, 0.3) is 0 Å². The molecular weight excluding hydrogens is 254 g/mol. The average molecular weight is 279 g/mol. The van der Waals surface area contributed by atoms with E-state index in [2.05, 4.69) is 17.3 Å². The maximum Gasteiger partial charge on any atom is 0.319 e. The number of rotatable bonds is 3. The molecule has 0 saturated carbocycles. The Kier molecular flexibility index (Phi) is 4.65. The minimum atomic E-state index is 0.117. The van der Waals surface area contributed by atoms with Gasteiger partial charge in [-0.3, -0.25) is 4.68 Å². The number of amides is 2. The fourth-order valence-electron chi connectivity index (χ4n) is 2.53. The summed E-state index contributed by atoms with van der Waals surface area (Å²) in [4.78, 5) is 15.4. The minimum absolute atomic E-state index is 0.117. The summed E-state index contributed by atoms with van der Waals surface area (Å²) >= 11 is 0. The highest BCUT2D eigenvalue weighted by molar-refractivity contribution is 5.73. The molecule has 2 rings (SSSR count). The Bertz CT molecular complexity index is 460. The second kappa shape index (κ2) is 6.26. The van der Waals surface area contributed by atoms with Crippen LogP contribution in [-0.4, -0.2) is 58.8 Å². The van der Waals surface area contributed by atoms with Crippen LogP contribution in [0.2, 0.25) is 0 Å². The molecule has 6 heteroatoms. The Balaban J connectivity index is 1.77. The molecule has 0 aromatic carbocycles. The smallest absolute Gasteiger partial charge is 0.319 e. The quantitative estimate of drug-likeness (QED) is 0.897. The van der Waals surface area contributed by atoms with Gasteiger partial charge in [0.1, 0.15) is 0 Å². The Morgan fingerprint density at radius 3 is 2.60 bits per heavy atom. The zero-order valence-electron chi connectivity index (χ0n) is 12.9. The van der Waals surface area contributed by atoms with E-state index in [-0.39, 0.29) is 6.03 Å². The minimum Gasteiger partial charge on any atom is -0.331 e. The molecule has 1 aromatic heterocycles. The number of nitrogens with zero attached hydrogens (tertiary/aromatic N) is 4. The Hall–Kier alpha value is -1.56. The molecule has 1 aromatic rings. The number of urea groups is 1. The summed E-state index contributed by atoms with van der Waals surface area (Å²) in [5.41, 5.74) is 2.46. The van der Waals surface area contributed by atoms with Crippen LogP contribution in [0.4, 0.5) is 4.79 Å². The standard InChI is InChI=1S/C14H25N5O/c1-11-12(10-16-18(11)4)9-15-13-5-7-19(8-6-13)14(20)17(2)3/h10,13,15H,5-9H2,1-4H3. The number of piperidine rings is 1. The van der Waals surface area contributed by atoms with E-state index >= 15 is 0 Å². The lowest BCUT2D eigenvalue weighted by Gasteiger charge is -2.34. The number of carbonyl (C=O) groups is 1. The van der Waals surface area contributed by atoms with Crippen molar-refractivity contribution in [2.75, 3.05) is 27.2 Å². The third-order valence-electron chi connectivity index (χ3n) is 4.07. The number of hydrogen-bond acceptors (Lipinski definition) is 3. The molecule has 20 heavy (non-hydrogen) atoms. The van der Waals surface area contributed by atoms with Crippen LogP contribution in [-0.2, 0) is 13.6 Å². The van der Waals surface area contributed by atoms with Crippen LogP contribution in [0.15, 0.2) is 6.20 Å². The predicted molar refractivity (Wildman–Crippen MR) is 78.5 cm³/mol. The first-order valence-electron chi connectivity index (χ1n) is 7.16. The highest BCUT2D eigenvalue weighted by Crippen LogP contribution is 2.13. The summed E-state index contributed by atoms with van der Waals surface area (Å²) in [5, 5.41) is 7.83. The third kappa shape index (κ3) is 3.30. The molecule has 0 unspecified atom stereocenters. The van der Waals surface area contributed by atoms with Crippen molar-refractivity contribution in [3.8, 4) is 0 Å². The van der Waals surface area contributed by atoms with Gasteiger partial charge in [-0.25, -0.2) is 4.79 Å². The lowest BCUT2D eigenvalue weighted by atomic mass is 10.0. The number of hydrogen-bond donors (Lipinski definition) is 1. The second-order valence-electron chi connectivity index (χ2n) is 5.70. The number of likely N-dealkylation sites (tertiary alicyclic amines) is 1. The van der Waals surface area contributed by atoms with Crippen molar-refractivity contribution in [3.05, 3.63) is 17.5 Å². The first-order valence-corrected chi connectivity index (χ1v) is 7.16. The Morgan fingerprint density at radius 2 is 2.10 bits per heavy atom. The summed E-state index contributed by atoms with van der Waals surface area (Å²) in [7, 11) is 5.57. The molecule has 0 bridgehead atoms. The molecule has 1 saturated heterocycles. The monoisotopic (exact) mass is 279 g/mol. The van der Waals surface area contributed by atoms with Gasteiger partial charge in [-0.15, -0.1) is 0 Å². The molecule has 0 aliphatic carbocycles. The molecule has 6 nitrogen and oxygen atoms in total. The molecule has 1 aliphatic rings. The van der Waals surface area contributed by atoms with Crippen LogP contribution in [0, 0.1) is 6.92 Å². The molecule has 2 heterocycles. The van der Waals surface area contributed by atoms with Crippen LogP contribution in [0.25, 0.3) is 0 Å². The molecule has 1 aliphatic heterocycles. The van der Waals surface area contributed by atoms with Crippen molar-refractivity contribution in [1.29, 1.82) is 0 Å². The maximum absolute atomic E-state index is 11.9. The van der Waals surface area contributed by atoms with Crippen LogP contribution in [0.5, 0.6) is 0 Å². The molecule has 0 atom stereocenters. The highest BCUT2D eigenvalue weighted by Gasteiger charge is 2.23. The fourth-order valence-corrected chi connectivity index (χ4v) is 2.53. The molecule has 2 amide bonds. The van der Waals surface area contributed by atoms with Gasteiger partial charge in [-0.2, -0.15) is 5.10 Å². The lowest BCUT2D eigenvalue weighted by molar-refractivity contribution is 0.152. The molecule has 1 N–H and O–H groups in total. The van der Waals surface area contributed by atoms with E-state index in [1.54, 1.807) is 19.0 Å². The Labute approximate surface area is 120 Å². The number of carbonyl (C=O) groups excluding carboxylic acids is 1. The van der Waals surface area contributed by atoms with Crippen LogP contribution in [0.1, 0.15) is 24.1 Å². The van der Waals surface area contributed by atoms with E-state index < -0.39 is 0 Å². The number of nitrogens with one attached hydrogen (secondary N) is 1. The summed E-state index contributed by atoms with van der Waals surface area (Å²) in [6, 6.07) is 0.604. The van der Waals surface area contributed by atoms with Crippen molar-refractivity contribution < 1.29 is 4.79 Å². The van der Waals surface area contributed by atoms with E-state index in [0.29, 0.717) is 6.04 Å². The summed E-state index contributed by atoms with van der Waals surface area (Å²) in [6.07, 6.45) is 3.95. The van der Waals surface area contributed by atoms with Crippen LogP contribution >= 0.6 is 0 Å².